The predicted molar refractivity (Wildman–Crippen MR) is 68.5 cm³/mol. The van der Waals surface area contributed by atoms with Gasteiger partial charge in [-0.05, 0) is 49.4 Å². The van der Waals surface area contributed by atoms with Gasteiger partial charge in [0.25, 0.3) is 0 Å². The zero-order valence-corrected chi connectivity index (χ0v) is 10.6. The third-order valence-electron chi connectivity index (χ3n) is 2.93. The molecule has 0 spiro atoms. The maximum atomic E-state index is 5.90. The number of fused-ring (bicyclic) bond motifs is 1. The highest BCUT2D eigenvalue weighted by Gasteiger charge is 2.17. The molecule has 0 radical (unpaired) electrons. The van der Waals surface area contributed by atoms with Crippen LogP contribution < -0.4 is 10.1 Å². The monoisotopic (exact) mass is 219 g/mol. The first kappa shape index (κ1) is 11.3. The molecule has 1 aliphatic rings. The quantitative estimate of drug-likeness (QED) is 0.839. The second kappa shape index (κ2) is 4.36. The van der Waals surface area contributed by atoms with Crippen LogP contribution in [0.3, 0.4) is 0 Å². The van der Waals surface area contributed by atoms with Crippen LogP contribution in [0.15, 0.2) is 12.1 Å². The summed E-state index contributed by atoms with van der Waals surface area (Å²) in [6, 6.07) is 4.47. The van der Waals surface area contributed by atoms with Gasteiger partial charge in [0, 0.05) is 12.2 Å². The molecule has 0 amide bonds. The molecule has 0 aliphatic carbocycles. The van der Waals surface area contributed by atoms with Gasteiger partial charge in [-0.1, -0.05) is 13.8 Å². The van der Waals surface area contributed by atoms with E-state index in [4.69, 9.17) is 4.74 Å². The van der Waals surface area contributed by atoms with Gasteiger partial charge in [-0.2, -0.15) is 0 Å². The Hall–Kier alpha value is -1.18. The molecule has 2 nitrogen and oxygen atoms in total. The minimum absolute atomic E-state index is 0.241. The Morgan fingerprint density at radius 2 is 1.94 bits per heavy atom. The van der Waals surface area contributed by atoms with Crippen molar-refractivity contribution < 1.29 is 4.74 Å². The van der Waals surface area contributed by atoms with Gasteiger partial charge in [-0.3, -0.25) is 0 Å². The molecule has 0 bridgehead atoms. The molecule has 1 aromatic carbocycles. The van der Waals surface area contributed by atoms with Crippen molar-refractivity contribution in [2.45, 2.75) is 46.1 Å². The average molecular weight is 219 g/mol. The maximum Gasteiger partial charge on any atom is 0.123 e. The van der Waals surface area contributed by atoms with E-state index in [9.17, 15) is 0 Å². The molecule has 1 heterocycles. The molecule has 0 saturated carbocycles. The molecule has 0 unspecified atom stereocenters. The summed E-state index contributed by atoms with van der Waals surface area (Å²) in [6.45, 7) is 9.64. The lowest BCUT2D eigenvalue weighted by Gasteiger charge is -2.18. The van der Waals surface area contributed by atoms with Gasteiger partial charge in [0.15, 0.2) is 0 Å². The molecule has 1 N–H and O–H groups in total. The molecule has 2 heteroatoms. The van der Waals surface area contributed by atoms with Crippen molar-refractivity contribution >= 4 is 5.69 Å². The Bertz CT molecular complexity index is 383. The predicted octanol–water partition coefficient (Wildman–Crippen LogP) is 3.57. The second-order valence-corrected chi connectivity index (χ2v) is 5.05. The van der Waals surface area contributed by atoms with Crippen LogP contribution in [0.1, 0.15) is 44.7 Å². The lowest BCUT2D eigenvalue weighted by atomic mass is 9.99. The first-order valence-electron chi connectivity index (χ1n) is 6.15. The number of rotatable bonds is 3. The van der Waals surface area contributed by atoms with Crippen LogP contribution in [0.4, 0.5) is 5.69 Å². The SMILES string of the molecule is CC(C)Oc1cc2c(cc1C(C)C)NCC2. The number of anilines is 1. The fourth-order valence-corrected chi connectivity index (χ4v) is 2.15. The van der Waals surface area contributed by atoms with E-state index in [1.165, 1.54) is 16.8 Å². The molecule has 0 fully saturated rings. The molecule has 0 atom stereocenters. The minimum Gasteiger partial charge on any atom is -0.491 e. The third-order valence-corrected chi connectivity index (χ3v) is 2.93. The molecular weight excluding hydrogens is 198 g/mol. The van der Waals surface area contributed by atoms with Crippen LogP contribution in [0, 0.1) is 0 Å². The van der Waals surface area contributed by atoms with Gasteiger partial charge in [0.1, 0.15) is 5.75 Å². The summed E-state index contributed by atoms with van der Waals surface area (Å²) in [5.41, 5.74) is 3.99. The second-order valence-electron chi connectivity index (χ2n) is 5.05. The number of nitrogens with one attached hydrogen (secondary N) is 1. The Balaban J connectivity index is 2.40. The Morgan fingerprint density at radius 3 is 2.56 bits per heavy atom. The Labute approximate surface area is 98.0 Å². The molecule has 0 saturated heterocycles. The first-order chi connectivity index (χ1) is 7.58. The zero-order valence-electron chi connectivity index (χ0n) is 10.6. The van der Waals surface area contributed by atoms with E-state index in [1.54, 1.807) is 0 Å². The standard InChI is InChI=1S/C14H21NO/c1-9(2)12-8-13-11(5-6-15-13)7-14(12)16-10(3)4/h7-10,15H,5-6H2,1-4H3. The van der Waals surface area contributed by atoms with Crippen LogP contribution in [0.5, 0.6) is 5.75 Å². The van der Waals surface area contributed by atoms with Gasteiger partial charge >= 0.3 is 0 Å². The lowest BCUT2D eigenvalue weighted by Crippen LogP contribution is -2.08. The van der Waals surface area contributed by atoms with Crippen molar-refractivity contribution in [3.8, 4) is 5.75 Å². The summed E-state index contributed by atoms with van der Waals surface area (Å²) in [6.07, 6.45) is 1.35. The summed E-state index contributed by atoms with van der Waals surface area (Å²) >= 11 is 0. The van der Waals surface area contributed by atoms with E-state index < -0.39 is 0 Å². The van der Waals surface area contributed by atoms with E-state index in [2.05, 4.69) is 45.1 Å². The molecule has 1 aromatic rings. The smallest absolute Gasteiger partial charge is 0.123 e. The van der Waals surface area contributed by atoms with Crippen molar-refractivity contribution in [3.63, 3.8) is 0 Å². The lowest BCUT2D eigenvalue weighted by molar-refractivity contribution is 0.239. The Morgan fingerprint density at radius 1 is 1.19 bits per heavy atom. The van der Waals surface area contributed by atoms with Gasteiger partial charge in [0.05, 0.1) is 6.10 Å². The van der Waals surface area contributed by atoms with E-state index >= 15 is 0 Å². The number of ether oxygens (including phenoxy) is 1. The highest BCUT2D eigenvalue weighted by molar-refractivity contribution is 5.61. The number of hydrogen-bond donors (Lipinski definition) is 1. The highest BCUT2D eigenvalue weighted by Crippen LogP contribution is 2.35. The first-order valence-corrected chi connectivity index (χ1v) is 6.15. The Kier molecular flexibility index (Phi) is 3.08. The van der Waals surface area contributed by atoms with Crippen LogP contribution in [-0.4, -0.2) is 12.6 Å². The van der Waals surface area contributed by atoms with Crippen molar-refractivity contribution in [3.05, 3.63) is 23.3 Å². The van der Waals surface area contributed by atoms with Gasteiger partial charge in [-0.15, -0.1) is 0 Å². The van der Waals surface area contributed by atoms with Crippen LogP contribution in [0.2, 0.25) is 0 Å². The highest BCUT2D eigenvalue weighted by atomic mass is 16.5. The maximum absolute atomic E-state index is 5.90. The largest absolute Gasteiger partial charge is 0.491 e. The van der Waals surface area contributed by atoms with Crippen LogP contribution in [0.25, 0.3) is 0 Å². The normalized spacial score (nSPS) is 14.1. The van der Waals surface area contributed by atoms with Crippen molar-refractivity contribution in [1.82, 2.24) is 0 Å². The number of benzene rings is 1. The summed E-state index contributed by atoms with van der Waals surface area (Å²) in [7, 11) is 0. The number of hydrogen-bond acceptors (Lipinski definition) is 2. The minimum atomic E-state index is 0.241. The van der Waals surface area contributed by atoms with Crippen molar-refractivity contribution in [1.29, 1.82) is 0 Å². The molecule has 16 heavy (non-hydrogen) atoms. The molecule has 1 aliphatic heterocycles. The molecule has 2 rings (SSSR count). The van der Waals surface area contributed by atoms with E-state index in [0.29, 0.717) is 5.92 Å². The summed E-state index contributed by atoms with van der Waals surface area (Å²) < 4.78 is 5.90. The van der Waals surface area contributed by atoms with E-state index in [-0.39, 0.29) is 6.10 Å². The fourth-order valence-electron chi connectivity index (χ4n) is 2.15. The van der Waals surface area contributed by atoms with Crippen molar-refractivity contribution in [2.24, 2.45) is 0 Å². The summed E-state index contributed by atoms with van der Waals surface area (Å²) in [5, 5.41) is 3.42. The topological polar surface area (TPSA) is 21.3 Å². The van der Waals surface area contributed by atoms with Crippen molar-refractivity contribution in [2.75, 3.05) is 11.9 Å². The van der Waals surface area contributed by atoms with Gasteiger partial charge < -0.3 is 10.1 Å². The fraction of sp³-hybridized carbons (Fsp3) is 0.571. The van der Waals surface area contributed by atoms with Gasteiger partial charge in [0.2, 0.25) is 0 Å². The van der Waals surface area contributed by atoms with Gasteiger partial charge in [-0.25, -0.2) is 0 Å². The summed E-state index contributed by atoms with van der Waals surface area (Å²) in [4.78, 5) is 0. The third kappa shape index (κ3) is 2.16. The van der Waals surface area contributed by atoms with Crippen LogP contribution >= 0.6 is 0 Å². The van der Waals surface area contributed by atoms with Crippen LogP contribution in [-0.2, 0) is 6.42 Å². The average Bonchev–Trinajstić information content (AvgIpc) is 2.62. The molecule has 88 valence electrons. The molecule has 0 aromatic heterocycles. The molecular formula is C14H21NO. The summed E-state index contributed by atoms with van der Waals surface area (Å²) in [5.74, 6) is 1.56. The van der Waals surface area contributed by atoms with E-state index in [0.717, 1.165) is 18.7 Å². The zero-order chi connectivity index (χ0) is 11.7. The van der Waals surface area contributed by atoms with E-state index in [1.807, 2.05) is 0 Å².